The molecule has 0 radical (unpaired) electrons. The van der Waals surface area contributed by atoms with Gasteiger partial charge in [-0.25, -0.2) is 0 Å². The summed E-state index contributed by atoms with van der Waals surface area (Å²) in [4.78, 5) is 14.8. The summed E-state index contributed by atoms with van der Waals surface area (Å²) < 4.78 is 33.9. The van der Waals surface area contributed by atoms with Crippen molar-refractivity contribution < 1.29 is 22.1 Å². The highest BCUT2D eigenvalue weighted by Crippen LogP contribution is 2.40. The first-order valence-electron chi connectivity index (χ1n) is 8.83. The summed E-state index contributed by atoms with van der Waals surface area (Å²) in [5.74, 6) is -0.129. The number of carbonyl (C=O) groups excluding carboxylic acids is 1. The zero-order valence-corrected chi connectivity index (χ0v) is 19.3. The highest BCUT2D eigenvalue weighted by molar-refractivity contribution is 8.26. The summed E-state index contributed by atoms with van der Waals surface area (Å²) in [5.41, 5.74) is 1.53. The lowest BCUT2D eigenvalue weighted by molar-refractivity contribution is -0.122. The molecule has 1 aliphatic rings. The van der Waals surface area contributed by atoms with E-state index < -0.39 is 10.1 Å². The first kappa shape index (κ1) is 22.6. The maximum absolute atomic E-state index is 12.9. The third kappa shape index (κ3) is 5.54. The maximum atomic E-state index is 12.9. The maximum Gasteiger partial charge on any atom is 0.306 e. The molecule has 0 unspecified atom stereocenters. The molecule has 2 aromatic carbocycles. The van der Waals surface area contributed by atoms with E-state index in [1.165, 1.54) is 22.7 Å². The van der Waals surface area contributed by atoms with Crippen molar-refractivity contribution in [2.45, 2.75) is 13.5 Å². The molecule has 6 nitrogen and oxygen atoms in total. The van der Waals surface area contributed by atoms with Crippen molar-refractivity contribution >= 4 is 62.0 Å². The normalized spacial score (nSPS) is 15.7. The van der Waals surface area contributed by atoms with Gasteiger partial charge in [0.15, 0.2) is 5.75 Å². The van der Waals surface area contributed by atoms with E-state index in [-0.39, 0.29) is 29.0 Å². The van der Waals surface area contributed by atoms with Crippen molar-refractivity contribution in [1.29, 1.82) is 0 Å². The van der Waals surface area contributed by atoms with Gasteiger partial charge in [0.05, 0.1) is 29.3 Å². The van der Waals surface area contributed by atoms with E-state index in [1.54, 1.807) is 19.1 Å². The molecule has 1 fully saturated rings. The second-order valence-electron chi connectivity index (χ2n) is 6.30. The molecule has 0 aromatic heterocycles. The van der Waals surface area contributed by atoms with Crippen molar-refractivity contribution in [2.24, 2.45) is 0 Å². The fourth-order valence-electron chi connectivity index (χ4n) is 2.72. The molecule has 0 N–H and O–H groups in total. The molecule has 30 heavy (non-hydrogen) atoms. The predicted molar refractivity (Wildman–Crippen MR) is 123 cm³/mol. The first-order valence-corrected chi connectivity index (χ1v) is 12.2. The van der Waals surface area contributed by atoms with Gasteiger partial charge < -0.3 is 8.92 Å². The molecule has 2 aromatic rings. The van der Waals surface area contributed by atoms with Gasteiger partial charge in [-0.15, -0.1) is 0 Å². The largest absolute Gasteiger partial charge is 0.490 e. The number of hydrogen-bond donors (Lipinski definition) is 0. The Labute approximate surface area is 189 Å². The van der Waals surface area contributed by atoms with Crippen LogP contribution in [0, 0.1) is 0 Å². The molecule has 0 bridgehead atoms. The molecule has 0 spiro atoms. The van der Waals surface area contributed by atoms with Gasteiger partial charge in [-0.2, -0.15) is 8.42 Å². The van der Waals surface area contributed by atoms with Crippen LogP contribution in [0.15, 0.2) is 47.4 Å². The van der Waals surface area contributed by atoms with Gasteiger partial charge in [-0.1, -0.05) is 65.9 Å². The van der Waals surface area contributed by atoms with Gasteiger partial charge in [0, 0.05) is 0 Å². The summed E-state index contributed by atoms with van der Waals surface area (Å²) in [5, 5.41) is 0.0531. The lowest BCUT2D eigenvalue weighted by Gasteiger charge is -2.14. The standard InChI is InChI=1S/C20H18ClNO5S3/c1-3-26-16-10-14(9-15(21)18(16)27-30(2,24)25)11-17-19(23)22(20(28)29-17)12-13-7-5-4-6-8-13/h4-11H,3,12H2,1-2H3/b17-11-. The molecule has 0 saturated carbocycles. The first-order chi connectivity index (χ1) is 14.2. The number of ether oxygens (including phenoxy) is 1. The quantitative estimate of drug-likeness (QED) is 0.326. The number of thiocarbonyl (C=S) groups is 1. The highest BCUT2D eigenvalue weighted by atomic mass is 35.5. The Kier molecular flexibility index (Phi) is 7.07. The van der Waals surface area contributed by atoms with E-state index in [0.29, 0.717) is 21.3 Å². The zero-order chi connectivity index (χ0) is 21.9. The minimum absolute atomic E-state index is 0.0531. The summed E-state index contributed by atoms with van der Waals surface area (Å²) in [7, 11) is -3.79. The smallest absolute Gasteiger partial charge is 0.306 e. The number of carbonyl (C=O) groups is 1. The van der Waals surface area contributed by atoms with Gasteiger partial charge in [0.1, 0.15) is 4.32 Å². The Hall–Kier alpha value is -2.07. The van der Waals surface area contributed by atoms with Crippen molar-refractivity contribution in [2.75, 3.05) is 12.9 Å². The van der Waals surface area contributed by atoms with Crippen molar-refractivity contribution in [3.8, 4) is 11.5 Å². The van der Waals surface area contributed by atoms with E-state index in [0.717, 1.165) is 11.8 Å². The molecule has 0 atom stereocenters. The van der Waals surface area contributed by atoms with E-state index in [1.807, 2.05) is 30.3 Å². The van der Waals surface area contributed by atoms with Crippen molar-refractivity contribution in [1.82, 2.24) is 4.90 Å². The van der Waals surface area contributed by atoms with Crippen LogP contribution in [0.25, 0.3) is 6.08 Å². The number of thioether (sulfide) groups is 1. The Morgan fingerprint density at radius 2 is 1.93 bits per heavy atom. The Balaban J connectivity index is 1.90. The van der Waals surface area contributed by atoms with E-state index in [2.05, 4.69) is 0 Å². The molecule has 1 saturated heterocycles. The molecule has 1 heterocycles. The Bertz CT molecular complexity index is 1120. The van der Waals surface area contributed by atoms with Gasteiger partial charge >= 0.3 is 10.1 Å². The molecule has 158 valence electrons. The number of rotatable bonds is 7. The third-order valence-electron chi connectivity index (χ3n) is 3.92. The lowest BCUT2D eigenvalue weighted by atomic mass is 10.1. The molecule has 3 rings (SSSR count). The molecule has 10 heteroatoms. The molecule has 1 amide bonds. The number of amides is 1. The van der Waals surface area contributed by atoms with Gasteiger partial charge in [0.2, 0.25) is 5.75 Å². The number of nitrogens with zero attached hydrogens (tertiary/aromatic N) is 1. The van der Waals surface area contributed by atoms with Crippen LogP contribution in [0.3, 0.4) is 0 Å². The summed E-state index contributed by atoms with van der Waals surface area (Å²) in [6.07, 6.45) is 2.56. The lowest BCUT2D eigenvalue weighted by Crippen LogP contribution is -2.27. The van der Waals surface area contributed by atoms with E-state index in [9.17, 15) is 13.2 Å². The monoisotopic (exact) mass is 483 g/mol. The Morgan fingerprint density at radius 3 is 2.57 bits per heavy atom. The Morgan fingerprint density at radius 1 is 1.23 bits per heavy atom. The third-order valence-corrected chi connectivity index (χ3v) is 6.05. The van der Waals surface area contributed by atoms with Crippen LogP contribution in [-0.2, 0) is 21.5 Å². The zero-order valence-electron chi connectivity index (χ0n) is 16.1. The fourth-order valence-corrected chi connectivity index (χ4v) is 4.75. The van der Waals surface area contributed by atoms with Crippen LogP contribution in [-0.4, -0.2) is 36.4 Å². The van der Waals surface area contributed by atoms with E-state index in [4.69, 9.17) is 32.7 Å². The number of hydrogen-bond acceptors (Lipinski definition) is 7. The van der Waals surface area contributed by atoms with Gasteiger partial charge in [-0.05, 0) is 36.3 Å². The van der Waals surface area contributed by atoms with Gasteiger partial charge in [0.25, 0.3) is 5.91 Å². The molecular weight excluding hydrogens is 466 g/mol. The van der Waals surface area contributed by atoms with Crippen LogP contribution < -0.4 is 8.92 Å². The van der Waals surface area contributed by atoms with E-state index >= 15 is 0 Å². The topological polar surface area (TPSA) is 72.9 Å². The summed E-state index contributed by atoms with van der Waals surface area (Å²) in [6.45, 7) is 2.41. The van der Waals surface area contributed by atoms with Crippen LogP contribution in [0.1, 0.15) is 18.1 Å². The number of benzene rings is 2. The highest BCUT2D eigenvalue weighted by Gasteiger charge is 2.32. The summed E-state index contributed by atoms with van der Waals surface area (Å²) in [6, 6.07) is 12.6. The average molecular weight is 484 g/mol. The fraction of sp³-hybridized carbons (Fsp3) is 0.200. The average Bonchev–Trinajstić information content (AvgIpc) is 2.92. The van der Waals surface area contributed by atoms with Gasteiger partial charge in [-0.3, -0.25) is 9.69 Å². The minimum atomic E-state index is -3.79. The van der Waals surface area contributed by atoms with Crippen LogP contribution >= 0.6 is 35.6 Å². The molecular formula is C20H18ClNO5S3. The molecule has 1 aliphatic heterocycles. The second-order valence-corrected chi connectivity index (χ2v) is 9.96. The number of halogens is 1. The van der Waals surface area contributed by atoms with Crippen molar-refractivity contribution in [3.63, 3.8) is 0 Å². The van der Waals surface area contributed by atoms with Crippen LogP contribution in [0.5, 0.6) is 11.5 Å². The van der Waals surface area contributed by atoms with Crippen LogP contribution in [0.4, 0.5) is 0 Å². The summed E-state index contributed by atoms with van der Waals surface area (Å²) >= 11 is 12.8. The molecule has 0 aliphatic carbocycles. The minimum Gasteiger partial charge on any atom is -0.490 e. The van der Waals surface area contributed by atoms with Crippen molar-refractivity contribution in [3.05, 3.63) is 63.5 Å². The van der Waals surface area contributed by atoms with Crippen LogP contribution in [0.2, 0.25) is 5.02 Å². The predicted octanol–water partition coefficient (Wildman–Crippen LogP) is 4.48. The second kappa shape index (κ2) is 9.38. The SMILES string of the molecule is CCOc1cc(/C=C2\SC(=S)N(Cc3ccccc3)C2=O)cc(Cl)c1OS(C)(=O)=O.